The molecule has 4 aromatic rings. The predicted molar refractivity (Wildman–Crippen MR) is 197 cm³/mol. The number of halogens is 1. The van der Waals surface area contributed by atoms with E-state index in [4.69, 9.17) is 19.4 Å². The number of aromatic nitrogens is 3. The van der Waals surface area contributed by atoms with E-state index in [0.29, 0.717) is 18.0 Å². The van der Waals surface area contributed by atoms with Crippen LogP contribution in [-0.2, 0) is 43.2 Å². The average molecular weight is 729 g/mol. The van der Waals surface area contributed by atoms with Crippen LogP contribution in [0.25, 0.3) is 33.4 Å². The van der Waals surface area contributed by atoms with Gasteiger partial charge in [0.25, 0.3) is 5.91 Å². The van der Waals surface area contributed by atoms with Gasteiger partial charge in [-0.25, -0.2) is 19.6 Å². The number of hydrogen-bond donors (Lipinski definition) is 2. The number of cyclic esters (lactones) is 1. The number of hydrogen-bond acceptors (Lipinski definition) is 9. The molecule has 3 aromatic heterocycles. The number of fused-ring (bicyclic) bond motifs is 6. The number of ether oxygens (including phenoxy) is 2. The monoisotopic (exact) mass is 728 g/mol. The molecule has 5 heterocycles. The Balaban J connectivity index is 1.37. The number of rotatable bonds is 6. The molecule has 0 saturated heterocycles. The number of benzene rings is 1. The van der Waals surface area contributed by atoms with Gasteiger partial charge in [0, 0.05) is 65.0 Å². The summed E-state index contributed by atoms with van der Waals surface area (Å²) in [5.41, 5.74) is 8.87. The van der Waals surface area contributed by atoms with Crippen LogP contribution in [0.2, 0.25) is 0 Å². The normalized spacial score (nSPS) is 23.8. The number of pyridine rings is 1. The van der Waals surface area contributed by atoms with Gasteiger partial charge in [0.2, 0.25) is 5.91 Å². The van der Waals surface area contributed by atoms with Crippen molar-refractivity contribution in [1.29, 1.82) is 0 Å². The molecule has 3 aliphatic rings. The van der Waals surface area contributed by atoms with Gasteiger partial charge in [-0.05, 0) is 68.5 Å². The Labute approximate surface area is 306 Å². The molecule has 1 fully saturated rings. The van der Waals surface area contributed by atoms with Crippen molar-refractivity contribution in [1.82, 2.24) is 30.3 Å². The summed E-state index contributed by atoms with van der Waals surface area (Å²) < 4.78 is 29.0. The minimum absolute atomic E-state index is 0.0351. The summed E-state index contributed by atoms with van der Waals surface area (Å²) >= 11 is 1.40. The predicted octanol–water partition coefficient (Wildman–Crippen LogP) is 5.93. The molecule has 1 aliphatic carbocycles. The van der Waals surface area contributed by atoms with Crippen LogP contribution in [0.15, 0.2) is 53.8 Å². The summed E-state index contributed by atoms with van der Waals surface area (Å²) in [7, 11) is 1.67. The number of thiazole rings is 1. The van der Waals surface area contributed by atoms with Crippen LogP contribution in [0.4, 0.5) is 4.39 Å². The van der Waals surface area contributed by atoms with E-state index in [1.807, 2.05) is 39.1 Å². The fourth-order valence-electron chi connectivity index (χ4n) is 7.30. The number of esters is 1. The molecule has 2 aliphatic heterocycles. The van der Waals surface area contributed by atoms with E-state index in [-0.39, 0.29) is 43.4 Å². The highest BCUT2D eigenvalue weighted by molar-refractivity contribution is 7.10. The van der Waals surface area contributed by atoms with Gasteiger partial charge < -0.3 is 19.4 Å². The third-order valence-electron chi connectivity index (χ3n) is 10.3. The summed E-state index contributed by atoms with van der Waals surface area (Å²) in [4.78, 5) is 50.3. The summed E-state index contributed by atoms with van der Waals surface area (Å²) in [6, 6.07) is 8.08. The van der Waals surface area contributed by atoms with E-state index >= 15 is 4.39 Å². The first-order valence-electron chi connectivity index (χ1n) is 17.9. The largest absolute Gasteiger partial charge is 0.464 e. The number of carbonyl (C=O) groups excluding carboxylic acids is 3. The van der Waals surface area contributed by atoms with Gasteiger partial charge in [-0.3, -0.25) is 19.6 Å². The third-order valence-corrected chi connectivity index (χ3v) is 11.2. The van der Waals surface area contributed by atoms with Gasteiger partial charge in [-0.1, -0.05) is 26.8 Å². The van der Waals surface area contributed by atoms with Crippen molar-refractivity contribution in [3.8, 4) is 22.5 Å². The average Bonchev–Trinajstić information content (AvgIpc) is 3.55. The van der Waals surface area contributed by atoms with Crippen LogP contribution in [0.5, 0.6) is 0 Å². The summed E-state index contributed by atoms with van der Waals surface area (Å²) in [6.07, 6.45) is 4.05. The molecule has 274 valence electrons. The Bertz CT molecular complexity index is 2070. The molecule has 2 amide bonds. The van der Waals surface area contributed by atoms with Gasteiger partial charge in [-0.15, -0.1) is 11.3 Å². The number of methoxy groups -OCH3 is 1. The zero-order chi connectivity index (χ0) is 36.9. The van der Waals surface area contributed by atoms with Crippen molar-refractivity contribution < 1.29 is 28.2 Å². The zero-order valence-corrected chi connectivity index (χ0v) is 31.2. The second-order valence-electron chi connectivity index (χ2n) is 14.9. The topological polar surface area (TPSA) is 128 Å². The minimum Gasteiger partial charge on any atom is -0.464 e. The molecule has 5 atom stereocenters. The standard InChI is InChI=1S/C39H45FN6O5S/c1-7-45-32-11-10-23-14-27(32)28(35(45)25-9-8-12-41-34(25)22(3)50-6)17-39(4,5)20-51-38(49)30-15-24(40)18-46(44-30)37(48)29(16-33-42-31(23)19-52-33)43-36(47)26-13-21(26)2/h8-12,14-15,19,21-22,26,29-30,44H,7,13,16-18,20H2,1-6H3,(H,43,47). The van der Waals surface area contributed by atoms with Crippen molar-refractivity contribution in [3.05, 3.63) is 70.1 Å². The van der Waals surface area contributed by atoms with E-state index in [0.717, 1.165) is 62.2 Å². The van der Waals surface area contributed by atoms with Crippen LogP contribution >= 0.6 is 11.3 Å². The maximum Gasteiger partial charge on any atom is 0.329 e. The van der Waals surface area contributed by atoms with Gasteiger partial charge in [0.15, 0.2) is 0 Å². The first-order valence-corrected chi connectivity index (χ1v) is 18.7. The molecule has 52 heavy (non-hydrogen) atoms. The van der Waals surface area contributed by atoms with Crippen LogP contribution in [0.3, 0.4) is 0 Å². The smallest absolute Gasteiger partial charge is 0.329 e. The highest BCUT2D eigenvalue weighted by atomic mass is 32.1. The molecule has 2 N–H and O–H groups in total. The Kier molecular flexibility index (Phi) is 9.79. The second-order valence-corrected chi connectivity index (χ2v) is 15.9. The van der Waals surface area contributed by atoms with Crippen LogP contribution < -0.4 is 10.7 Å². The van der Waals surface area contributed by atoms with Crippen LogP contribution in [0.1, 0.15) is 63.4 Å². The molecule has 1 aromatic carbocycles. The zero-order valence-electron chi connectivity index (χ0n) is 30.4. The molecular formula is C39H45FN6O5S. The van der Waals surface area contributed by atoms with Crippen molar-refractivity contribution in [2.24, 2.45) is 17.3 Å². The molecule has 0 radical (unpaired) electrons. The Morgan fingerprint density at radius 1 is 1.27 bits per heavy atom. The van der Waals surface area contributed by atoms with Gasteiger partial charge >= 0.3 is 5.97 Å². The number of carbonyl (C=O) groups is 3. The molecule has 1 saturated carbocycles. The molecule has 7 rings (SSSR count). The molecule has 5 unspecified atom stereocenters. The first-order chi connectivity index (χ1) is 24.9. The highest BCUT2D eigenvalue weighted by Gasteiger charge is 2.42. The van der Waals surface area contributed by atoms with Crippen molar-refractivity contribution in [2.75, 3.05) is 20.3 Å². The fraction of sp³-hybridized carbons (Fsp3) is 0.462. The summed E-state index contributed by atoms with van der Waals surface area (Å²) in [5, 5.41) is 7.62. The molecule has 6 bridgehead atoms. The van der Waals surface area contributed by atoms with Crippen molar-refractivity contribution in [2.45, 2.75) is 78.6 Å². The van der Waals surface area contributed by atoms with Crippen LogP contribution in [0, 0.1) is 17.3 Å². The van der Waals surface area contributed by atoms with Crippen LogP contribution in [-0.4, -0.2) is 69.7 Å². The molecule has 0 spiro atoms. The number of aryl methyl sites for hydroxylation is 1. The Morgan fingerprint density at radius 2 is 2.06 bits per heavy atom. The van der Waals surface area contributed by atoms with E-state index in [9.17, 15) is 14.4 Å². The van der Waals surface area contributed by atoms with Crippen molar-refractivity contribution in [3.63, 3.8) is 0 Å². The lowest BCUT2D eigenvalue weighted by molar-refractivity contribution is -0.152. The lowest BCUT2D eigenvalue weighted by Crippen LogP contribution is -2.59. The SMILES string of the molecule is CCn1c(-c2cccnc2C(C)OC)c2c3cc(ccc31)-c1csc(n1)CC(NC(=O)C1CC1C)C(=O)N1CC(F)=CC(N1)C(=O)OCC(C)(C)C2. The maximum absolute atomic E-state index is 15.1. The maximum atomic E-state index is 15.1. The van der Waals surface area contributed by atoms with E-state index < -0.39 is 35.2 Å². The third kappa shape index (κ3) is 7.01. The molecule has 13 heteroatoms. The number of hydrazine groups is 1. The van der Waals surface area contributed by atoms with Gasteiger partial charge in [0.05, 0.1) is 41.3 Å². The summed E-state index contributed by atoms with van der Waals surface area (Å²) in [6.45, 7) is 10.5. The quantitative estimate of drug-likeness (QED) is 0.234. The van der Waals surface area contributed by atoms with E-state index in [2.05, 4.69) is 46.5 Å². The lowest BCUT2D eigenvalue weighted by Gasteiger charge is -2.33. The van der Waals surface area contributed by atoms with Crippen molar-refractivity contribution >= 4 is 40.0 Å². The Morgan fingerprint density at radius 3 is 2.79 bits per heavy atom. The lowest BCUT2D eigenvalue weighted by atomic mass is 9.84. The van der Waals surface area contributed by atoms with E-state index in [1.54, 1.807) is 13.3 Å². The number of nitrogens with zero attached hydrogens (tertiary/aromatic N) is 4. The van der Waals surface area contributed by atoms with Gasteiger partial charge in [-0.2, -0.15) is 0 Å². The summed E-state index contributed by atoms with van der Waals surface area (Å²) in [5.74, 6) is -2.08. The fourth-order valence-corrected chi connectivity index (χ4v) is 8.15. The second kappa shape index (κ2) is 14.2. The van der Waals surface area contributed by atoms with Gasteiger partial charge in [0.1, 0.15) is 17.9 Å². The highest BCUT2D eigenvalue weighted by Crippen LogP contribution is 2.42. The molecular weight excluding hydrogens is 684 g/mol. The van der Waals surface area contributed by atoms with E-state index in [1.165, 1.54) is 11.3 Å². The first kappa shape index (κ1) is 35.9. The minimum atomic E-state index is -1.23. The molecule has 11 nitrogen and oxygen atoms in total. The number of nitrogens with one attached hydrogen (secondary N) is 2. The Hall–Kier alpha value is -4.46. The number of amides is 2.